The minimum absolute atomic E-state index is 0.888. The van der Waals surface area contributed by atoms with Gasteiger partial charge in [0.1, 0.15) is 11.2 Å². The molecule has 274 valence electrons. The molecule has 11 aromatic carbocycles. The van der Waals surface area contributed by atoms with Gasteiger partial charge in [-0.1, -0.05) is 188 Å². The minimum atomic E-state index is 0.888. The van der Waals surface area contributed by atoms with Crippen LogP contribution in [0.1, 0.15) is 0 Å². The Labute approximate surface area is 342 Å². The summed E-state index contributed by atoms with van der Waals surface area (Å²) in [5.41, 5.74) is 13.8. The summed E-state index contributed by atoms with van der Waals surface area (Å²) in [6.45, 7) is 0. The molecule has 0 amide bonds. The first kappa shape index (κ1) is 33.4. The zero-order valence-electron chi connectivity index (χ0n) is 32.2. The third-order valence-corrected chi connectivity index (χ3v) is 12.3. The SMILES string of the molecule is c1ccc(-c2c3ccccc3c(-c3c(-c4ccc5oc6ccccc6c5c4)cc(-c4cccc5ccccc45)cc3-c3cccc4ccccc34)c3ccccc23)cc1. The van der Waals surface area contributed by atoms with Crippen molar-refractivity contribution in [3.8, 4) is 55.6 Å². The van der Waals surface area contributed by atoms with Crippen molar-refractivity contribution in [2.24, 2.45) is 0 Å². The van der Waals surface area contributed by atoms with E-state index in [-0.39, 0.29) is 0 Å². The molecular weight excluding hydrogens is 713 g/mol. The van der Waals surface area contributed by atoms with E-state index in [1.165, 1.54) is 93.2 Å². The number of para-hydroxylation sites is 1. The van der Waals surface area contributed by atoms with Gasteiger partial charge in [-0.25, -0.2) is 0 Å². The van der Waals surface area contributed by atoms with Gasteiger partial charge < -0.3 is 4.42 Å². The molecule has 12 rings (SSSR count). The summed E-state index contributed by atoms with van der Waals surface area (Å²) < 4.78 is 6.41. The molecule has 0 unspecified atom stereocenters. The van der Waals surface area contributed by atoms with Gasteiger partial charge in [-0.3, -0.25) is 0 Å². The normalized spacial score (nSPS) is 11.7. The van der Waals surface area contributed by atoms with E-state index in [1.807, 2.05) is 6.07 Å². The molecule has 12 aromatic rings. The van der Waals surface area contributed by atoms with Crippen LogP contribution in [-0.4, -0.2) is 0 Å². The second-order valence-corrected chi connectivity index (χ2v) is 15.5. The van der Waals surface area contributed by atoms with Gasteiger partial charge in [-0.05, 0) is 129 Å². The van der Waals surface area contributed by atoms with E-state index in [4.69, 9.17) is 4.42 Å². The van der Waals surface area contributed by atoms with Crippen molar-refractivity contribution in [2.45, 2.75) is 0 Å². The van der Waals surface area contributed by atoms with Gasteiger partial charge in [0.05, 0.1) is 0 Å². The number of hydrogen-bond donors (Lipinski definition) is 0. The van der Waals surface area contributed by atoms with Crippen molar-refractivity contribution >= 4 is 65.0 Å². The van der Waals surface area contributed by atoms with Crippen LogP contribution < -0.4 is 0 Å². The van der Waals surface area contributed by atoms with E-state index in [1.54, 1.807) is 0 Å². The summed E-state index contributed by atoms with van der Waals surface area (Å²) >= 11 is 0. The Balaban J connectivity index is 1.30. The molecule has 59 heavy (non-hydrogen) atoms. The smallest absolute Gasteiger partial charge is 0.135 e. The van der Waals surface area contributed by atoms with Gasteiger partial charge in [0, 0.05) is 10.8 Å². The third kappa shape index (κ3) is 5.33. The van der Waals surface area contributed by atoms with Crippen LogP contribution >= 0.6 is 0 Å². The summed E-state index contributed by atoms with van der Waals surface area (Å²) in [4.78, 5) is 0. The van der Waals surface area contributed by atoms with E-state index in [9.17, 15) is 0 Å². The lowest BCUT2D eigenvalue weighted by molar-refractivity contribution is 0.669. The van der Waals surface area contributed by atoms with Crippen LogP contribution in [0.4, 0.5) is 0 Å². The van der Waals surface area contributed by atoms with Crippen molar-refractivity contribution in [3.05, 3.63) is 218 Å². The Morgan fingerprint density at radius 2 is 0.712 bits per heavy atom. The van der Waals surface area contributed by atoms with Crippen LogP contribution in [0.5, 0.6) is 0 Å². The number of hydrogen-bond acceptors (Lipinski definition) is 1. The quantitative estimate of drug-likeness (QED) is 0.160. The predicted octanol–water partition coefficient (Wildman–Crippen LogP) is 16.5. The summed E-state index contributed by atoms with van der Waals surface area (Å²) in [5.74, 6) is 0. The summed E-state index contributed by atoms with van der Waals surface area (Å²) in [6, 6.07) is 79.9. The standard InChI is InChI=1S/C58H36O/c1-2-18-39(19-3-1)56-47-25-8-10-27-49(47)57(50-28-11-9-26-48(50)56)58-51(40-32-33-55-52(34-40)46-24-12-13-31-54(46)59-55)35-41(44-29-14-20-37-16-4-6-22-42(37)44)36-53(58)45-30-15-21-38-17-5-7-23-43(38)45/h1-36H. The average molecular weight is 749 g/mol. The first-order valence-electron chi connectivity index (χ1n) is 20.3. The van der Waals surface area contributed by atoms with Crippen molar-refractivity contribution in [3.63, 3.8) is 0 Å². The molecule has 1 nitrogen and oxygen atoms in total. The molecule has 1 heterocycles. The molecule has 0 saturated heterocycles. The van der Waals surface area contributed by atoms with Crippen LogP contribution in [0.3, 0.4) is 0 Å². The van der Waals surface area contributed by atoms with E-state index in [0.717, 1.165) is 27.5 Å². The van der Waals surface area contributed by atoms with Crippen molar-refractivity contribution in [2.75, 3.05) is 0 Å². The van der Waals surface area contributed by atoms with Crippen LogP contribution in [0.15, 0.2) is 223 Å². The highest BCUT2D eigenvalue weighted by molar-refractivity contribution is 6.25. The molecule has 0 N–H and O–H groups in total. The van der Waals surface area contributed by atoms with Crippen molar-refractivity contribution in [1.82, 2.24) is 0 Å². The van der Waals surface area contributed by atoms with Gasteiger partial charge >= 0.3 is 0 Å². The highest BCUT2D eigenvalue weighted by Crippen LogP contribution is 2.52. The Morgan fingerprint density at radius 1 is 0.220 bits per heavy atom. The first-order chi connectivity index (χ1) is 29.3. The first-order valence-corrected chi connectivity index (χ1v) is 20.3. The second kappa shape index (κ2) is 13.4. The molecular formula is C58H36O. The predicted molar refractivity (Wildman–Crippen MR) is 251 cm³/mol. The summed E-state index contributed by atoms with van der Waals surface area (Å²) in [6.07, 6.45) is 0. The lowest BCUT2D eigenvalue weighted by Crippen LogP contribution is -1.97. The molecule has 0 radical (unpaired) electrons. The largest absolute Gasteiger partial charge is 0.456 e. The van der Waals surface area contributed by atoms with Crippen LogP contribution in [0.25, 0.3) is 121 Å². The highest BCUT2D eigenvalue weighted by Gasteiger charge is 2.25. The summed E-state index contributed by atoms with van der Waals surface area (Å²) in [7, 11) is 0. The molecule has 0 aliphatic carbocycles. The number of rotatable bonds is 5. The van der Waals surface area contributed by atoms with Crippen molar-refractivity contribution < 1.29 is 4.42 Å². The molecule has 1 aromatic heterocycles. The number of benzene rings is 11. The van der Waals surface area contributed by atoms with Crippen LogP contribution in [-0.2, 0) is 0 Å². The lowest BCUT2D eigenvalue weighted by atomic mass is 9.79. The molecule has 0 spiro atoms. The van der Waals surface area contributed by atoms with Gasteiger partial charge in [0.2, 0.25) is 0 Å². The van der Waals surface area contributed by atoms with Gasteiger partial charge in [-0.2, -0.15) is 0 Å². The lowest BCUT2D eigenvalue weighted by Gasteiger charge is -2.24. The van der Waals surface area contributed by atoms with Gasteiger partial charge in [0.25, 0.3) is 0 Å². The minimum Gasteiger partial charge on any atom is -0.456 e. The fourth-order valence-electron chi connectivity index (χ4n) is 9.65. The molecule has 0 atom stereocenters. The Morgan fingerprint density at radius 3 is 1.39 bits per heavy atom. The maximum atomic E-state index is 6.41. The fourth-order valence-corrected chi connectivity index (χ4v) is 9.65. The molecule has 0 bridgehead atoms. The topological polar surface area (TPSA) is 13.1 Å². The Hall–Kier alpha value is -7.74. The van der Waals surface area contributed by atoms with Gasteiger partial charge in [-0.15, -0.1) is 0 Å². The Kier molecular flexibility index (Phi) is 7.61. The zero-order valence-corrected chi connectivity index (χ0v) is 32.2. The second-order valence-electron chi connectivity index (χ2n) is 15.5. The van der Waals surface area contributed by atoms with Crippen LogP contribution in [0.2, 0.25) is 0 Å². The fraction of sp³-hybridized carbons (Fsp3) is 0. The third-order valence-electron chi connectivity index (χ3n) is 12.3. The monoisotopic (exact) mass is 748 g/mol. The van der Waals surface area contributed by atoms with Gasteiger partial charge in [0.15, 0.2) is 0 Å². The molecule has 0 aliphatic rings. The summed E-state index contributed by atoms with van der Waals surface area (Å²) in [5, 5.41) is 12.0. The van der Waals surface area contributed by atoms with E-state index >= 15 is 0 Å². The average Bonchev–Trinajstić information content (AvgIpc) is 3.68. The number of fused-ring (bicyclic) bond motifs is 7. The van der Waals surface area contributed by atoms with E-state index in [2.05, 4.69) is 212 Å². The molecule has 0 fully saturated rings. The number of furan rings is 1. The van der Waals surface area contributed by atoms with E-state index < -0.39 is 0 Å². The zero-order chi connectivity index (χ0) is 38.9. The van der Waals surface area contributed by atoms with E-state index in [0.29, 0.717) is 0 Å². The molecule has 0 saturated carbocycles. The highest BCUT2D eigenvalue weighted by atomic mass is 16.3. The molecule has 0 aliphatic heterocycles. The maximum Gasteiger partial charge on any atom is 0.135 e. The maximum absolute atomic E-state index is 6.41. The van der Waals surface area contributed by atoms with Crippen molar-refractivity contribution in [1.29, 1.82) is 0 Å². The van der Waals surface area contributed by atoms with Crippen LogP contribution in [0, 0.1) is 0 Å². The molecule has 1 heteroatoms. The Bertz CT molecular complexity index is 3540.